The number of hydrogen-bond donors (Lipinski definition) is 1. The maximum absolute atomic E-state index is 10.2. The van der Waals surface area contributed by atoms with Crippen molar-refractivity contribution in [1.29, 1.82) is 0 Å². The fourth-order valence-corrected chi connectivity index (χ4v) is 3.08. The Kier molecular flexibility index (Phi) is 7.97. The van der Waals surface area contributed by atoms with Crippen molar-refractivity contribution in [3.63, 3.8) is 0 Å². The molecule has 0 spiro atoms. The van der Waals surface area contributed by atoms with E-state index in [1.54, 1.807) is 0 Å². The molecule has 1 atom stereocenters. The summed E-state index contributed by atoms with van der Waals surface area (Å²) in [6.45, 7) is 4.25. The first-order valence-corrected chi connectivity index (χ1v) is 9.48. The van der Waals surface area contributed by atoms with E-state index >= 15 is 0 Å². The maximum Gasteiger partial charge on any atom is 0.0794 e. The van der Waals surface area contributed by atoms with E-state index in [2.05, 4.69) is 24.0 Å². The van der Waals surface area contributed by atoms with Gasteiger partial charge in [-0.15, -0.1) is 0 Å². The standard InChI is InChI=1S/C22H31NO/c1-3-5-6-7-8-9-12-18-15-16-21(23-17-18)19-13-10-11-14-20(19)22(24)4-2/h10-11,13-17,22,24H,3-9,12H2,1-2H3. The molecule has 1 unspecified atom stereocenters. The summed E-state index contributed by atoms with van der Waals surface area (Å²) in [4.78, 5) is 4.64. The van der Waals surface area contributed by atoms with Gasteiger partial charge < -0.3 is 5.11 Å². The van der Waals surface area contributed by atoms with Crippen molar-refractivity contribution in [2.45, 2.75) is 71.3 Å². The Morgan fingerprint density at radius 1 is 0.917 bits per heavy atom. The normalized spacial score (nSPS) is 12.3. The zero-order valence-electron chi connectivity index (χ0n) is 15.2. The second kappa shape index (κ2) is 10.2. The minimum atomic E-state index is -0.425. The van der Waals surface area contributed by atoms with Crippen molar-refractivity contribution in [2.75, 3.05) is 0 Å². The quantitative estimate of drug-likeness (QED) is 0.536. The van der Waals surface area contributed by atoms with Crippen LogP contribution in [0.25, 0.3) is 11.3 Å². The summed E-state index contributed by atoms with van der Waals surface area (Å²) >= 11 is 0. The SMILES string of the molecule is CCCCCCCCc1ccc(-c2ccccc2C(O)CC)nc1. The average molecular weight is 325 g/mol. The summed E-state index contributed by atoms with van der Waals surface area (Å²) in [6, 6.07) is 12.3. The lowest BCUT2D eigenvalue weighted by Gasteiger charge is -2.13. The summed E-state index contributed by atoms with van der Waals surface area (Å²) < 4.78 is 0. The Morgan fingerprint density at radius 3 is 2.38 bits per heavy atom. The fraction of sp³-hybridized carbons (Fsp3) is 0.500. The van der Waals surface area contributed by atoms with Gasteiger partial charge in [-0.05, 0) is 36.5 Å². The molecule has 1 aromatic heterocycles. The van der Waals surface area contributed by atoms with E-state index in [1.807, 2.05) is 37.4 Å². The summed E-state index contributed by atoms with van der Waals surface area (Å²) in [5.41, 5.74) is 4.27. The topological polar surface area (TPSA) is 33.1 Å². The van der Waals surface area contributed by atoms with Gasteiger partial charge in [0.2, 0.25) is 0 Å². The van der Waals surface area contributed by atoms with Crippen molar-refractivity contribution >= 4 is 0 Å². The number of aryl methyl sites for hydroxylation is 1. The molecule has 24 heavy (non-hydrogen) atoms. The van der Waals surface area contributed by atoms with E-state index in [4.69, 9.17) is 0 Å². The molecule has 0 radical (unpaired) electrons. The smallest absolute Gasteiger partial charge is 0.0794 e. The van der Waals surface area contributed by atoms with E-state index < -0.39 is 6.10 Å². The van der Waals surface area contributed by atoms with Crippen LogP contribution >= 0.6 is 0 Å². The zero-order chi connectivity index (χ0) is 17.2. The molecule has 2 nitrogen and oxygen atoms in total. The van der Waals surface area contributed by atoms with Crippen molar-refractivity contribution < 1.29 is 5.11 Å². The molecule has 2 aromatic rings. The zero-order valence-corrected chi connectivity index (χ0v) is 15.2. The Hall–Kier alpha value is -1.67. The van der Waals surface area contributed by atoms with Crippen LogP contribution in [0, 0.1) is 0 Å². The Balaban J connectivity index is 1.95. The molecule has 0 fully saturated rings. The summed E-state index contributed by atoms with van der Waals surface area (Å²) in [5, 5.41) is 10.2. The van der Waals surface area contributed by atoms with Gasteiger partial charge in [-0.1, -0.05) is 76.3 Å². The second-order valence-corrected chi connectivity index (χ2v) is 6.58. The molecule has 2 rings (SSSR count). The highest BCUT2D eigenvalue weighted by molar-refractivity contribution is 5.64. The molecular weight excluding hydrogens is 294 g/mol. The van der Waals surface area contributed by atoms with Crippen molar-refractivity contribution in [3.8, 4) is 11.3 Å². The third-order valence-electron chi connectivity index (χ3n) is 4.63. The molecule has 2 heteroatoms. The van der Waals surface area contributed by atoms with Crippen LogP contribution in [0.15, 0.2) is 42.6 Å². The van der Waals surface area contributed by atoms with Gasteiger partial charge in [0.15, 0.2) is 0 Å². The Labute approximate surface area is 147 Å². The van der Waals surface area contributed by atoms with Crippen molar-refractivity contribution in [1.82, 2.24) is 4.98 Å². The summed E-state index contributed by atoms with van der Waals surface area (Å²) in [6.07, 6.45) is 11.3. The van der Waals surface area contributed by atoms with Crippen LogP contribution in [-0.4, -0.2) is 10.1 Å². The van der Waals surface area contributed by atoms with Gasteiger partial charge in [-0.3, -0.25) is 4.98 Å². The van der Waals surface area contributed by atoms with Crippen molar-refractivity contribution in [2.24, 2.45) is 0 Å². The number of nitrogens with zero attached hydrogens (tertiary/aromatic N) is 1. The molecule has 0 aliphatic carbocycles. The summed E-state index contributed by atoms with van der Waals surface area (Å²) in [5.74, 6) is 0. The number of pyridine rings is 1. The van der Waals surface area contributed by atoms with E-state index in [-0.39, 0.29) is 0 Å². The molecule has 0 bridgehead atoms. The number of aliphatic hydroxyl groups excluding tert-OH is 1. The molecule has 0 saturated carbocycles. The highest BCUT2D eigenvalue weighted by Crippen LogP contribution is 2.28. The fourth-order valence-electron chi connectivity index (χ4n) is 3.08. The molecule has 0 aliphatic heterocycles. The number of hydrogen-bond acceptors (Lipinski definition) is 2. The number of aliphatic hydroxyl groups is 1. The first kappa shape index (κ1) is 18.7. The highest BCUT2D eigenvalue weighted by atomic mass is 16.3. The highest BCUT2D eigenvalue weighted by Gasteiger charge is 2.12. The van der Waals surface area contributed by atoms with Crippen LogP contribution in [0.3, 0.4) is 0 Å². The largest absolute Gasteiger partial charge is 0.388 e. The Bertz CT molecular complexity index is 591. The molecule has 0 aliphatic rings. The lowest BCUT2D eigenvalue weighted by molar-refractivity contribution is 0.174. The molecule has 1 N–H and O–H groups in total. The van der Waals surface area contributed by atoms with Gasteiger partial charge in [-0.2, -0.15) is 0 Å². The monoisotopic (exact) mass is 325 g/mol. The van der Waals surface area contributed by atoms with Crippen LogP contribution in [0.4, 0.5) is 0 Å². The van der Waals surface area contributed by atoms with Gasteiger partial charge in [0.1, 0.15) is 0 Å². The molecule has 1 aromatic carbocycles. The molecule has 0 saturated heterocycles. The number of unbranched alkanes of at least 4 members (excludes halogenated alkanes) is 5. The van der Waals surface area contributed by atoms with Crippen LogP contribution in [0.5, 0.6) is 0 Å². The lowest BCUT2D eigenvalue weighted by Crippen LogP contribution is -1.99. The molecule has 130 valence electrons. The molecule has 1 heterocycles. The first-order chi connectivity index (χ1) is 11.8. The minimum Gasteiger partial charge on any atom is -0.388 e. The first-order valence-electron chi connectivity index (χ1n) is 9.48. The average Bonchev–Trinajstić information content (AvgIpc) is 2.64. The maximum atomic E-state index is 10.2. The van der Waals surface area contributed by atoms with Crippen LogP contribution < -0.4 is 0 Å². The summed E-state index contributed by atoms with van der Waals surface area (Å²) in [7, 11) is 0. The predicted octanol–water partition coefficient (Wildman–Crippen LogP) is 6.10. The number of rotatable bonds is 10. The van der Waals surface area contributed by atoms with E-state index in [0.717, 1.165) is 23.2 Å². The Morgan fingerprint density at radius 2 is 1.67 bits per heavy atom. The van der Waals surface area contributed by atoms with Gasteiger partial charge in [0.25, 0.3) is 0 Å². The second-order valence-electron chi connectivity index (χ2n) is 6.58. The predicted molar refractivity (Wildman–Crippen MR) is 102 cm³/mol. The van der Waals surface area contributed by atoms with Gasteiger partial charge in [0.05, 0.1) is 11.8 Å². The van der Waals surface area contributed by atoms with Crippen LogP contribution in [0.2, 0.25) is 0 Å². The number of benzene rings is 1. The third-order valence-corrected chi connectivity index (χ3v) is 4.63. The number of aromatic nitrogens is 1. The van der Waals surface area contributed by atoms with Crippen LogP contribution in [-0.2, 0) is 6.42 Å². The van der Waals surface area contributed by atoms with E-state index in [1.165, 1.54) is 44.1 Å². The van der Waals surface area contributed by atoms with E-state index in [0.29, 0.717) is 6.42 Å². The van der Waals surface area contributed by atoms with Gasteiger partial charge in [0, 0.05) is 11.8 Å². The lowest BCUT2D eigenvalue weighted by atomic mass is 9.97. The van der Waals surface area contributed by atoms with E-state index in [9.17, 15) is 5.11 Å². The third kappa shape index (κ3) is 5.45. The molecular formula is C22H31NO. The van der Waals surface area contributed by atoms with Gasteiger partial charge >= 0.3 is 0 Å². The van der Waals surface area contributed by atoms with Crippen LogP contribution in [0.1, 0.15) is 76.0 Å². The minimum absolute atomic E-state index is 0.425. The van der Waals surface area contributed by atoms with Gasteiger partial charge in [-0.25, -0.2) is 0 Å². The molecule has 0 amide bonds. The van der Waals surface area contributed by atoms with Crippen molar-refractivity contribution in [3.05, 3.63) is 53.7 Å².